The van der Waals surface area contributed by atoms with Gasteiger partial charge in [-0.1, -0.05) is 36.5 Å². The average Bonchev–Trinajstić information content (AvgIpc) is 2.47. The lowest BCUT2D eigenvalue weighted by Gasteiger charge is -2.13. The Morgan fingerprint density at radius 1 is 1.24 bits per heavy atom. The Balaban J connectivity index is 2.07. The molecule has 0 bridgehead atoms. The summed E-state index contributed by atoms with van der Waals surface area (Å²) in [5.74, 6) is 0.915. The number of nitrogens with two attached hydrogens (primary N) is 1. The number of para-hydroxylation sites is 1. The molecule has 0 aliphatic heterocycles. The van der Waals surface area contributed by atoms with Crippen molar-refractivity contribution in [2.45, 2.75) is 13.3 Å². The van der Waals surface area contributed by atoms with Gasteiger partial charge >= 0.3 is 0 Å². The van der Waals surface area contributed by atoms with E-state index in [1.807, 2.05) is 30.3 Å². The summed E-state index contributed by atoms with van der Waals surface area (Å²) in [6.45, 7) is 2.84. The molecule has 4 heteroatoms. The molecule has 0 fully saturated rings. The third-order valence-electron chi connectivity index (χ3n) is 3.34. The van der Waals surface area contributed by atoms with E-state index in [1.165, 1.54) is 11.1 Å². The normalized spacial score (nSPS) is 10.2. The molecule has 110 valence electrons. The first-order valence-corrected chi connectivity index (χ1v) is 7.29. The van der Waals surface area contributed by atoms with E-state index < -0.39 is 0 Å². The number of ether oxygens (including phenoxy) is 1. The Labute approximate surface area is 131 Å². The minimum absolute atomic E-state index is 0.412. The highest BCUT2D eigenvalue weighted by atomic mass is 32.1. The maximum absolute atomic E-state index is 5.76. The maximum Gasteiger partial charge on any atom is 0.122 e. The lowest BCUT2D eigenvalue weighted by atomic mass is 10.1. The second-order valence-corrected chi connectivity index (χ2v) is 5.34. The Morgan fingerprint density at radius 3 is 2.71 bits per heavy atom. The first-order chi connectivity index (χ1) is 10.1. The Bertz CT molecular complexity index is 640. The molecular weight excluding hydrogens is 280 g/mol. The summed E-state index contributed by atoms with van der Waals surface area (Å²) < 4.78 is 5.36. The van der Waals surface area contributed by atoms with Crippen molar-refractivity contribution in [1.29, 1.82) is 0 Å². The van der Waals surface area contributed by atoms with Gasteiger partial charge in [0, 0.05) is 17.8 Å². The molecule has 0 heterocycles. The zero-order chi connectivity index (χ0) is 15.2. The summed E-state index contributed by atoms with van der Waals surface area (Å²) in [7, 11) is 1.69. The third-order valence-corrected chi connectivity index (χ3v) is 3.56. The molecule has 2 aromatic rings. The second kappa shape index (κ2) is 7.09. The molecule has 0 aliphatic rings. The van der Waals surface area contributed by atoms with Gasteiger partial charge in [0.2, 0.25) is 0 Å². The van der Waals surface area contributed by atoms with Crippen LogP contribution in [0.4, 0.5) is 5.69 Å². The van der Waals surface area contributed by atoms with E-state index in [0.29, 0.717) is 4.99 Å². The molecule has 0 saturated carbocycles. The molecule has 0 unspecified atom stereocenters. The maximum atomic E-state index is 5.76. The molecule has 3 nitrogen and oxygen atoms in total. The highest BCUT2D eigenvalue weighted by Crippen LogP contribution is 2.20. The van der Waals surface area contributed by atoms with Crippen LogP contribution in [0.1, 0.15) is 16.7 Å². The standard InChI is InChI=1S/C17H20N2OS/c1-12-7-8-14(17(18)21)15(11-12)19-10-9-13-5-3-4-6-16(13)20-2/h3-8,11,19H,9-10H2,1-2H3,(H2,18,21). The van der Waals surface area contributed by atoms with Crippen LogP contribution in [0, 0.1) is 6.92 Å². The van der Waals surface area contributed by atoms with Crippen molar-refractivity contribution in [2.24, 2.45) is 5.73 Å². The zero-order valence-electron chi connectivity index (χ0n) is 12.3. The van der Waals surface area contributed by atoms with Crippen molar-refractivity contribution in [3.8, 4) is 5.75 Å². The molecule has 3 N–H and O–H groups in total. The fourth-order valence-corrected chi connectivity index (χ4v) is 2.44. The Morgan fingerprint density at radius 2 is 2.00 bits per heavy atom. The highest BCUT2D eigenvalue weighted by molar-refractivity contribution is 7.80. The van der Waals surface area contributed by atoms with Crippen LogP contribution in [0.5, 0.6) is 5.75 Å². The third kappa shape index (κ3) is 3.95. The smallest absolute Gasteiger partial charge is 0.122 e. The van der Waals surface area contributed by atoms with E-state index in [2.05, 4.69) is 24.4 Å². The summed E-state index contributed by atoms with van der Waals surface area (Å²) in [5.41, 5.74) is 9.99. The van der Waals surface area contributed by atoms with E-state index in [4.69, 9.17) is 22.7 Å². The number of aryl methyl sites for hydroxylation is 1. The van der Waals surface area contributed by atoms with Crippen LogP contribution in [-0.4, -0.2) is 18.6 Å². The van der Waals surface area contributed by atoms with Gasteiger partial charge in [-0.15, -0.1) is 0 Å². The molecule has 0 spiro atoms. The van der Waals surface area contributed by atoms with Gasteiger partial charge in [-0.05, 0) is 42.7 Å². The van der Waals surface area contributed by atoms with Crippen LogP contribution in [0.25, 0.3) is 0 Å². The van der Waals surface area contributed by atoms with Crippen molar-refractivity contribution in [1.82, 2.24) is 0 Å². The Kier molecular flexibility index (Phi) is 5.17. The summed E-state index contributed by atoms with van der Waals surface area (Å²) in [6, 6.07) is 14.1. The molecule has 2 rings (SSSR count). The predicted molar refractivity (Wildman–Crippen MR) is 92.3 cm³/mol. The number of nitrogens with one attached hydrogen (secondary N) is 1. The van der Waals surface area contributed by atoms with E-state index in [0.717, 1.165) is 30.0 Å². The molecule has 0 amide bonds. The summed E-state index contributed by atoms with van der Waals surface area (Å²) in [5, 5.41) is 3.41. The number of anilines is 1. The topological polar surface area (TPSA) is 47.3 Å². The number of rotatable bonds is 6. The van der Waals surface area contributed by atoms with Crippen molar-refractivity contribution in [3.05, 3.63) is 59.2 Å². The summed E-state index contributed by atoms with van der Waals surface area (Å²) in [4.78, 5) is 0.412. The number of benzene rings is 2. The fraction of sp³-hybridized carbons (Fsp3) is 0.235. The molecule has 0 aliphatic carbocycles. The quantitative estimate of drug-likeness (QED) is 0.804. The number of thiocarbonyl (C=S) groups is 1. The van der Waals surface area contributed by atoms with E-state index in [-0.39, 0.29) is 0 Å². The molecule has 21 heavy (non-hydrogen) atoms. The Hall–Kier alpha value is -2.07. The van der Waals surface area contributed by atoms with Gasteiger partial charge in [-0.3, -0.25) is 0 Å². The first-order valence-electron chi connectivity index (χ1n) is 6.88. The second-order valence-electron chi connectivity index (χ2n) is 4.90. The van der Waals surface area contributed by atoms with Gasteiger partial charge < -0.3 is 15.8 Å². The summed E-state index contributed by atoms with van der Waals surface area (Å²) >= 11 is 5.09. The lowest BCUT2D eigenvalue weighted by molar-refractivity contribution is 0.410. The monoisotopic (exact) mass is 300 g/mol. The molecule has 0 aromatic heterocycles. The number of hydrogen-bond donors (Lipinski definition) is 2. The molecular formula is C17H20N2OS. The van der Waals surface area contributed by atoms with Crippen molar-refractivity contribution < 1.29 is 4.74 Å². The zero-order valence-corrected chi connectivity index (χ0v) is 13.2. The van der Waals surface area contributed by atoms with Crippen LogP contribution in [0.15, 0.2) is 42.5 Å². The van der Waals surface area contributed by atoms with Gasteiger partial charge in [-0.2, -0.15) is 0 Å². The van der Waals surface area contributed by atoms with Gasteiger partial charge in [-0.25, -0.2) is 0 Å². The molecule has 0 saturated heterocycles. The van der Waals surface area contributed by atoms with Crippen LogP contribution in [0.2, 0.25) is 0 Å². The minimum Gasteiger partial charge on any atom is -0.496 e. The molecule has 2 aromatic carbocycles. The first kappa shape index (κ1) is 15.3. The van der Waals surface area contributed by atoms with Crippen molar-refractivity contribution in [2.75, 3.05) is 19.0 Å². The highest BCUT2D eigenvalue weighted by Gasteiger charge is 2.06. The lowest BCUT2D eigenvalue weighted by Crippen LogP contribution is -2.14. The van der Waals surface area contributed by atoms with Crippen LogP contribution in [-0.2, 0) is 6.42 Å². The predicted octanol–water partition coefficient (Wildman–Crippen LogP) is 3.29. The number of hydrogen-bond acceptors (Lipinski definition) is 3. The van der Waals surface area contributed by atoms with Crippen molar-refractivity contribution >= 4 is 22.9 Å². The van der Waals surface area contributed by atoms with Crippen LogP contribution >= 0.6 is 12.2 Å². The van der Waals surface area contributed by atoms with Gasteiger partial charge in [0.1, 0.15) is 10.7 Å². The van der Waals surface area contributed by atoms with Crippen LogP contribution in [0.3, 0.4) is 0 Å². The van der Waals surface area contributed by atoms with Crippen molar-refractivity contribution in [3.63, 3.8) is 0 Å². The summed E-state index contributed by atoms with van der Waals surface area (Å²) in [6.07, 6.45) is 0.870. The number of methoxy groups -OCH3 is 1. The van der Waals surface area contributed by atoms with Crippen LogP contribution < -0.4 is 15.8 Å². The van der Waals surface area contributed by atoms with Gasteiger partial charge in [0.15, 0.2) is 0 Å². The molecule has 0 atom stereocenters. The molecule has 0 radical (unpaired) electrons. The van der Waals surface area contributed by atoms with E-state index >= 15 is 0 Å². The SMILES string of the molecule is COc1ccccc1CCNc1cc(C)ccc1C(N)=S. The average molecular weight is 300 g/mol. The van der Waals surface area contributed by atoms with Gasteiger partial charge in [0.05, 0.1) is 7.11 Å². The fourth-order valence-electron chi connectivity index (χ4n) is 2.26. The van der Waals surface area contributed by atoms with Gasteiger partial charge in [0.25, 0.3) is 0 Å². The van der Waals surface area contributed by atoms with E-state index in [9.17, 15) is 0 Å². The van der Waals surface area contributed by atoms with E-state index in [1.54, 1.807) is 7.11 Å². The largest absolute Gasteiger partial charge is 0.496 e. The minimum atomic E-state index is 0.412.